The van der Waals surface area contributed by atoms with Crippen LogP contribution in [-0.2, 0) is 6.42 Å². The number of urea groups is 1. The van der Waals surface area contributed by atoms with Gasteiger partial charge in [-0.15, -0.1) is 12.8 Å². The van der Waals surface area contributed by atoms with E-state index in [-0.39, 0.29) is 30.5 Å². The van der Waals surface area contributed by atoms with Crippen molar-refractivity contribution >= 4 is 6.03 Å². The van der Waals surface area contributed by atoms with E-state index in [0.717, 1.165) is 36.8 Å². The van der Waals surface area contributed by atoms with Crippen molar-refractivity contribution in [2.75, 3.05) is 19.6 Å². The quantitative estimate of drug-likeness (QED) is 0.686. The lowest BCUT2D eigenvalue weighted by atomic mass is 9.60. The monoisotopic (exact) mass is 455 g/mol. The Morgan fingerprint density at radius 1 is 1.06 bits per heavy atom. The summed E-state index contributed by atoms with van der Waals surface area (Å²) in [5, 5.41) is 3.48. The number of hydrogen-bond acceptors (Lipinski definition) is 2. The first kappa shape index (κ1) is 22.5. The summed E-state index contributed by atoms with van der Waals surface area (Å²) in [5.41, 5.74) is 3.22. The molecule has 0 saturated heterocycles. The number of rotatable bonds is 5. The summed E-state index contributed by atoms with van der Waals surface area (Å²) in [5.74, 6) is 6.24. The van der Waals surface area contributed by atoms with E-state index >= 15 is 0 Å². The SMILES string of the molecule is C#CCN[C@H]1C[C@@H](N(CC#C)C(=O)N2CCc3ccccc3[C@@H]2c2ccc(F)cc2)C2CC1C2. The van der Waals surface area contributed by atoms with Crippen molar-refractivity contribution < 1.29 is 9.18 Å². The van der Waals surface area contributed by atoms with Gasteiger partial charge in [0.2, 0.25) is 0 Å². The van der Waals surface area contributed by atoms with Crippen LogP contribution in [0.1, 0.15) is 42.0 Å². The molecular weight excluding hydrogens is 425 g/mol. The van der Waals surface area contributed by atoms with Crippen LogP contribution in [0.4, 0.5) is 9.18 Å². The van der Waals surface area contributed by atoms with Crippen molar-refractivity contribution in [3.05, 3.63) is 71.0 Å². The van der Waals surface area contributed by atoms with Gasteiger partial charge >= 0.3 is 6.03 Å². The lowest BCUT2D eigenvalue weighted by Crippen LogP contribution is -2.62. The van der Waals surface area contributed by atoms with Gasteiger partial charge in [0.05, 0.1) is 19.1 Å². The smallest absolute Gasteiger partial charge is 0.313 e. The summed E-state index contributed by atoms with van der Waals surface area (Å²) in [6.45, 7) is 1.41. The number of hydrogen-bond donors (Lipinski definition) is 1. The van der Waals surface area contributed by atoms with Gasteiger partial charge in [-0.05, 0) is 66.3 Å². The molecule has 5 heteroatoms. The van der Waals surface area contributed by atoms with Gasteiger partial charge in [0.25, 0.3) is 0 Å². The molecule has 3 fully saturated rings. The van der Waals surface area contributed by atoms with Crippen molar-refractivity contribution in [2.24, 2.45) is 11.8 Å². The van der Waals surface area contributed by atoms with E-state index in [1.165, 1.54) is 17.7 Å². The molecule has 0 unspecified atom stereocenters. The Kier molecular flexibility index (Phi) is 6.31. The van der Waals surface area contributed by atoms with Gasteiger partial charge in [0.1, 0.15) is 5.82 Å². The molecule has 34 heavy (non-hydrogen) atoms. The summed E-state index contributed by atoms with van der Waals surface area (Å²) in [6, 6.07) is 14.8. The Hall–Kier alpha value is -3.28. The third kappa shape index (κ3) is 4.06. The first-order chi connectivity index (χ1) is 16.6. The first-order valence-corrected chi connectivity index (χ1v) is 12.1. The number of nitrogens with zero attached hydrogens (tertiary/aromatic N) is 2. The maximum Gasteiger partial charge on any atom is 0.321 e. The Bertz CT molecular complexity index is 1130. The first-order valence-electron chi connectivity index (χ1n) is 12.1. The standard InChI is InChI=1S/C29H30FN3O/c1-3-14-31-26-19-27(23-17-22(26)18-23)32(15-4-2)29(34)33-16-13-20-7-5-6-8-25(20)28(33)21-9-11-24(30)12-10-21/h1-2,5-12,22-23,26-28,31H,13-19H2/t22?,23?,26-,27+,28-/m0/s1. The highest BCUT2D eigenvalue weighted by atomic mass is 19.1. The van der Waals surface area contributed by atoms with Crippen LogP contribution >= 0.6 is 0 Å². The van der Waals surface area contributed by atoms with Crippen molar-refractivity contribution in [1.82, 2.24) is 15.1 Å². The molecular formula is C29H30FN3O. The second-order valence-corrected chi connectivity index (χ2v) is 9.70. The number of carbonyl (C=O) groups is 1. The molecule has 4 nitrogen and oxygen atoms in total. The zero-order chi connectivity index (χ0) is 23.7. The van der Waals surface area contributed by atoms with Crippen LogP contribution in [0.5, 0.6) is 0 Å². The molecule has 4 aliphatic rings. The van der Waals surface area contributed by atoms with E-state index < -0.39 is 0 Å². The molecule has 1 heterocycles. The zero-order valence-electron chi connectivity index (χ0n) is 19.3. The van der Waals surface area contributed by atoms with Gasteiger partial charge in [0, 0.05) is 18.6 Å². The molecule has 3 saturated carbocycles. The van der Waals surface area contributed by atoms with Gasteiger partial charge < -0.3 is 15.1 Å². The molecule has 6 rings (SSSR count). The number of amides is 2. The fourth-order valence-electron chi connectivity index (χ4n) is 6.19. The lowest BCUT2D eigenvalue weighted by molar-refractivity contribution is -0.00847. The minimum atomic E-state index is -0.285. The Labute approximate surface area is 201 Å². The zero-order valence-corrected chi connectivity index (χ0v) is 19.3. The highest BCUT2D eigenvalue weighted by molar-refractivity contribution is 5.77. The molecule has 3 aliphatic carbocycles. The molecule has 0 aromatic heterocycles. The van der Waals surface area contributed by atoms with Crippen LogP contribution in [0.2, 0.25) is 0 Å². The van der Waals surface area contributed by atoms with Crippen LogP contribution in [0.15, 0.2) is 48.5 Å². The number of carbonyl (C=O) groups excluding carboxylic acids is 1. The second-order valence-electron chi connectivity index (χ2n) is 9.70. The average molecular weight is 456 g/mol. The fraction of sp³-hybridized carbons (Fsp3) is 0.414. The molecule has 1 N–H and O–H groups in total. The summed E-state index contributed by atoms with van der Waals surface area (Å²) >= 11 is 0. The third-order valence-electron chi connectivity index (χ3n) is 7.91. The number of nitrogens with one attached hydrogen (secondary N) is 1. The Balaban J connectivity index is 1.46. The van der Waals surface area contributed by atoms with E-state index in [4.69, 9.17) is 12.8 Å². The van der Waals surface area contributed by atoms with E-state index in [0.29, 0.717) is 31.0 Å². The minimum Gasteiger partial charge on any atom is -0.313 e. The fourth-order valence-corrected chi connectivity index (χ4v) is 6.19. The molecule has 2 amide bonds. The maximum atomic E-state index is 14.2. The lowest BCUT2D eigenvalue weighted by Gasteiger charge is -2.55. The summed E-state index contributed by atoms with van der Waals surface area (Å²) < 4.78 is 13.7. The van der Waals surface area contributed by atoms with Crippen LogP contribution in [0, 0.1) is 42.3 Å². The molecule has 2 aromatic carbocycles. The van der Waals surface area contributed by atoms with Gasteiger partial charge in [-0.25, -0.2) is 9.18 Å². The van der Waals surface area contributed by atoms with Crippen LogP contribution in [-0.4, -0.2) is 47.5 Å². The van der Waals surface area contributed by atoms with E-state index in [9.17, 15) is 9.18 Å². The summed E-state index contributed by atoms with van der Waals surface area (Å²) in [7, 11) is 0. The van der Waals surface area contributed by atoms with Crippen LogP contribution in [0.25, 0.3) is 0 Å². The predicted molar refractivity (Wildman–Crippen MR) is 131 cm³/mol. The van der Waals surface area contributed by atoms with Crippen molar-refractivity contribution in [2.45, 2.75) is 43.8 Å². The van der Waals surface area contributed by atoms with Crippen LogP contribution < -0.4 is 5.32 Å². The topological polar surface area (TPSA) is 35.6 Å². The van der Waals surface area contributed by atoms with E-state index in [2.05, 4.69) is 29.3 Å². The summed E-state index contributed by atoms with van der Waals surface area (Å²) in [4.78, 5) is 18.0. The largest absolute Gasteiger partial charge is 0.321 e. The van der Waals surface area contributed by atoms with Gasteiger partial charge in [-0.2, -0.15) is 0 Å². The van der Waals surface area contributed by atoms with Crippen molar-refractivity contribution in [3.8, 4) is 24.7 Å². The number of terminal acetylenes is 2. The number of benzene rings is 2. The normalized spacial score (nSPS) is 27.0. The van der Waals surface area contributed by atoms with Gasteiger partial charge in [-0.1, -0.05) is 48.2 Å². The van der Waals surface area contributed by atoms with Gasteiger partial charge in [0.15, 0.2) is 0 Å². The molecule has 2 bridgehead atoms. The molecule has 2 aromatic rings. The third-order valence-corrected chi connectivity index (χ3v) is 7.91. The Morgan fingerprint density at radius 3 is 2.56 bits per heavy atom. The Morgan fingerprint density at radius 2 is 1.82 bits per heavy atom. The highest BCUT2D eigenvalue weighted by Gasteiger charge is 2.49. The molecule has 0 radical (unpaired) electrons. The molecule has 3 atom stereocenters. The molecule has 174 valence electrons. The van der Waals surface area contributed by atoms with E-state index in [1.54, 1.807) is 12.1 Å². The molecule has 1 aliphatic heterocycles. The van der Waals surface area contributed by atoms with Crippen molar-refractivity contribution in [3.63, 3.8) is 0 Å². The maximum absolute atomic E-state index is 14.2. The average Bonchev–Trinajstić information content (AvgIpc) is 2.84. The predicted octanol–water partition coefficient (Wildman–Crippen LogP) is 4.22. The highest BCUT2D eigenvalue weighted by Crippen LogP contribution is 2.48. The summed E-state index contributed by atoms with van der Waals surface area (Å²) in [6.07, 6.45) is 15.1. The second kappa shape index (κ2) is 9.53. The van der Waals surface area contributed by atoms with Gasteiger partial charge in [-0.3, -0.25) is 0 Å². The van der Waals surface area contributed by atoms with Crippen molar-refractivity contribution in [1.29, 1.82) is 0 Å². The number of fused-ring (bicyclic) bond motifs is 3. The number of halogens is 1. The van der Waals surface area contributed by atoms with Crippen LogP contribution in [0.3, 0.4) is 0 Å². The molecule has 0 spiro atoms. The van der Waals surface area contributed by atoms with E-state index in [1.807, 2.05) is 21.9 Å². The minimum absolute atomic E-state index is 0.0344.